The van der Waals surface area contributed by atoms with Crippen LogP contribution in [0.4, 0.5) is 0 Å². The monoisotopic (exact) mass is 243 g/mol. The van der Waals surface area contributed by atoms with E-state index in [9.17, 15) is 0 Å². The van der Waals surface area contributed by atoms with Crippen molar-refractivity contribution in [3.8, 4) is 5.75 Å². The highest BCUT2D eigenvalue weighted by atomic mass is 16.5. The van der Waals surface area contributed by atoms with E-state index in [1.165, 1.54) is 11.1 Å². The predicted molar refractivity (Wildman–Crippen MR) is 76.6 cm³/mol. The SMILES string of the molecule is CCC(c1ccccc1)c1ccccc1OC.N. The molecule has 0 saturated carbocycles. The molecular formula is C16H21NO. The van der Waals surface area contributed by atoms with Gasteiger partial charge >= 0.3 is 0 Å². The fourth-order valence-corrected chi connectivity index (χ4v) is 2.27. The fourth-order valence-electron chi connectivity index (χ4n) is 2.27. The summed E-state index contributed by atoms with van der Waals surface area (Å²) in [6.07, 6.45) is 1.07. The second-order valence-electron chi connectivity index (χ2n) is 4.11. The molecule has 2 rings (SSSR count). The van der Waals surface area contributed by atoms with Gasteiger partial charge in [-0.05, 0) is 18.1 Å². The maximum absolute atomic E-state index is 5.45. The van der Waals surface area contributed by atoms with Gasteiger partial charge in [-0.2, -0.15) is 0 Å². The lowest BCUT2D eigenvalue weighted by Crippen LogP contribution is -2.02. The Morgan fingerprint density at radius 3 is 2.17 bits per heavy atom. The van der Waals surface area contributed by atoms with E-state index in [1.54, 1.807) is 7.11 Å². The normalized spacial score (nSPS) is 11.4. The molecule has 2 aromatic rings. The van der Waals surface area contributed by atoms with Gasteiger partial charge in [-0.3, -0.25) is 0 Å². The van der Waals surface area contributed by atoms with Crippen LogP contribution < -0.4 is 10.9 Å². The highest BCUT2D eigenvalue weighted by Crippen LogP contribution is 2.33. The third-order valence-corrected chi connectivity index (χ3v) is 3.12. The van der Waals surface area contributed by atoms with Crippen LogP contribution in [-0.4, -0.2) is 7.11 Å². The first-order chi connectivity index (χ1) is 8.36. The zero-order valence-electron chi connectivity index (χ0n) is 11.1. The molecule has 0 heterocycles. The molecule has 96 valence electrons. The fraction of sp³-hybridized carbons (Fsp3) is 0.250. The van der Waals surface area contributed by atoms with E-state index in [1.807, 2.05) is 12.1 Å². The van der Waals surface area contributed by atoms with Gasteiger partial charge in [0, 0.05) is 11.5 Å². The molecule has 0 amide bonds. The van der Waals surface area contributed by atoms with Crippen LogP contribution in [0.5, 0.6) is 5.75 Å². The number of rotatable bonds is 4. The Kier molecular flexibility index (Phi) is 5.40. The molecule has 18 heavy (non-hydrogen) atoms. The number of para-hydroxylation sites is 1. The van der Waals surface area contributed by atoms with Gasteiger partial charge < -0.3 is 10.9 Å². The van der Waals surface area contributed by atoms with Gasteiger partial charge in [0.1, 0.15) is 5.75 Å². The average Bonchev–Trinajstić information content (AvgIpc) is 2.41. The Balaban J connectivity index is 0.00000162. The molecule has 0 aromatic heterocycles. The summed E-state index contributed by atoms with van der Waals surface area (Å²) in [6.45, 7) is 2.21. The Bertz CT molecular complexity index is 468. The van der Waals surface area contributed by atoms with Crippen molar-refractivity contribution in [1.82, 2.24) is 6.15 Å². The van der Waals surface area contributed by atoms with E-state index in [0.717, 1.165) is 12.2 Å². The molecule has 1 unspecified atom stereocenters. The summed E-state index contributed by atoms with van der Waals surface area (Å²) < 4.78 is 5.45. The predicted octanol–water partition coefficient (Wildman–Crippen LogP) is 4.40. The van der Waals surface area contributed by atoms with Crippen LogP contribution in [-0.2, 0) is 0 Å². The van der Waals surface area contributed by atoms with E-state index in [-0.39, 0.29) is 6.15 Å². The second kappa shape index (κ2) is 6.82. The molecule has 0 radical (unpaired) electrons. The van der Waals surface area contributed by atoms with Crippen LogP contribution in [0.25, 0.3) is 0 Å². The Morgan fingerprint density at radius 2 is 1.56 bits per heavy atom. The number of ether oxygens (including phenoxy) is 1. The van der Waals surface area contributed by atoms with Crippen molar-refractivity contribution in [2.24, 2.45) is 0 Å². The van der Waals surface area contributed by atoms with Crippen LogP contribution in [0.2, 0.25) is 0 Å². The van der Waals surface area contributed by atoms with Crippen molar-refractivity contribution in [2.75, 3.05) is 7.11 Å². The summed E-state index contributed by atoms with van der Waals surface area (Å²) in [5.74, 6) is 1.38. The van der Waals surface area contributed by atoms with Crippen LogP contribution in [0.3, 0.4) is 0 Å². The molecule has 3 N–H and O–H groups in total. The third-order valence-electron chi connectivity index (χ3n) is 3.12. The van der Waals surface area contributed by atoms with E-state index in [2.05, 4.69) is 49.4 Å². The first kappa shape index (κ1) is 14.3. The lowest BCUT2D eigenvalue weighted by atomic mass is 9.88. The summed E-state index contributed by atoms with van der Waals surface area (Å²) >= 11 is 0. The van der Waals surface area contributed by atoms with Gasteiger partial charge in [-0.1, -0.05) is 55.5 Å². The first-order valence-corrected chi connectivity index (χ1v) is 6.04. The molecular weight excluding hydrogens is 222 g/mol. The maximum Gasteiger partial charge on any atom is 0.122 e. The van der Waals surface area contributed by atoms with E-state index < -0.39 is 0 Å². The van der Waals surface area contributed by atoms with Gasteiger partial charge in [-0.15, -0.1) is 0 Å². The van der Waals surface area contributed by atoms with Crippen molar-refractivity contribution in [1.29, 1.82) is 0 Å². The summed E-state index contributed by atoms with van der Waals surface area (Å²) in [7, 11) is 1.73. The molecule has 0 fully saturated rings. The Hall–Kier alpha value is -1.80. The van der Waals surface area contributed by atoms with Crippen molar-refractivity contribution < 1.29 is 4.74 Å². The number of methoxy groups -OCH3 is 1. The summed E-state index contributed by atoms with van der Waals surface area (Å²) in [4.78, 5) is 0. The molecule has 0 bridgehead atoms. The van der Waals surface area contributed by atoms with Gasteiger partial charge in [0.05, 0.1) is 7.11 Å². The lowest BCUT2D eigenvalue weighted by molar-refractivity contribution is 0.407. The minimum atomic E-state index is 0. The molecule has 2 aromatic carbocycles. The summed E-state index contributed by atoms with van der Waals surface area (Å²) in [6, 6.07) is 18.9. The summed E-state index contributed by atoms with van der Waals surface area (Å²) in [5, 5.41) is 0. The lowest BCUT2D eigenvalue weighted by Gasteiger charge is -2.18. The van der Waals surface area contributed by atoms with Gasteiger partial charge in [0.25, 0.3) is 0 Å². The van der Waals surface area contributed by atoms with Crippen molar-refractivity contribution in [3.05, 3.63) is 65.7 Å². The zero-order valence-corrected chi connectivity index (χ0v) is 11.1. The number of hydrogen-bond acceptors (Lipinski definition) is 2. The molecule has 0 saturated heterocycles. The minimum Gasteiger partial charge on any atom is -0.496 e. The van der Waals surface area contributed by atoms with Gasteiger partial charge in [0.15, 0.2) is 0 Å². The van der Waals surface area contributed by atoms with Crippen molar-refractivity contribution in [2.45, 2.75) is 19.3 Å². The van der Waals surface area contributed by atoms with E-state index in [4.69, 9.17) is 4.74 Å². The van der Waals surface area contributed by atoms with Crippen molar-refractivity contribution >= 4 is 0 Å². The number of hydrogen-bond donors (Lipinski definition) is 1. The highest BCUT2D eigenvalue weighted by Gasteiger charge is 2.15. The third kappa shape index (κ3) is 2.90. The van der Waals surface area contributed by atoms with E-state index >= 15 is 0 Å². The minimum absolute atomic E-state index is 0. The molecule has 0 aliphatic rings. The van der Waals surface area contributed by atoms with Gasteiger partial charge in [-0.25, -0.2) is 0 Å². The largest absolute Gasteiger partial charge is 0.496 e. The highest BCUT2D eigenvalue weighted by molar-refractivity contribution is 5.41. The molecule has 0 aliphatic carbocycles. The van der Waals surface area contributed by atoms with Crippen LogP contribution in [0, 0.1) is 0 Å². The molecule has 0 spiro atoms. The quantitative estimate of drug-likeness (QED) is 0.865. The zero-order chi connectivity index (χ0) is 12.1. The van der Waals surface area contributed by atoms with E-state index in [0.29, 0.717) is 5.92 Å². The molecule has 2 nitrogen and oxygen atoms in total. The van der Waals surface area contributed by atoms with Crippen molar-refractivity contribution in [3.63, 3.8) is 0 Å². The second-order valence-corrected chi connectivity index (χ2v) is 4.11. The molecule has 2 heteroatoms. The average molecular weight is 243 g/mol. The van der Waals surface area contributed by atoms with Gasteiger partial charge in [0.2, 0.25) is 0 Å². The molecule has 0 aliphatic heterocycles. The first-order valence-electron chi connectivity index (χ1n) is 6.04. The smallest absolute Gasteiger partial charge is 0.122 e. The van der Waals surface area contributed by atoms with Crippen LogP contribution in [0.15, 0.2) is 54.6 Å². The Morgan fingerprint density at radius 1 is 0.944 bits per heavy atom. The standard InChI is InChI=1S/C16H18O.H3N/c1-3-14(13-9-5-4-6-10-13)15-11-7-8-12-16(15)17-2;/h4-12,14H,3H2,1-2H3;1H3. The molecule has 1 atom stereocenters. The van der Waals surface area contributed by atoms with Crippen LogP contribution in [0.1, 0.15) is 30.4 Å². The maximum atomic E-state index is 5.45. The Labute approximate surface area is 109 Å². The summed E-state index contributed by atoms with van der Waals surface area (Å²) in [5.41, 5.74) is 2.61. The number of benzene rings is 2. The topological polar surface area (TPSA) is 44.2 Å². The van der Waals surface area contributed by atoms with Crippen LogP contribution >= 0.6 is 0 Å².